The fourth-order valence-electron chi connectivity index (χ4n) is 3.41. The van der Waals surface area contributed by atoms with Crippen LogP contribution in [0.5, 0.6) is 11.5 Å². The van der Waals surface area contributed by atoms with Gasteiger partial charge in [0, 0.05) is 0 Å². The van der Waals surface area contributed by atoms with Gasteiger partial charge in [-0.15, -0.1) is 0 Å². The number of thioether (sulfide) groups is 1. The van der Waals surface area contributed by atoms with Crippen LogP contribution in [-0.4, -0.2) is 35.7 Å². The van der Waals surface area contributed by atoms with E-state index in [1.807, 2.05) is 6.92 Å². The Morgan fingerprint density at radius 3 is 2.67 bits per heavy atom. The number of benzene rings is 2. The van der Waals surface area contributed by atoms with Crippen LogP contribution < -0.4 is 9.47 Å². The topological polar surface area (TPSA) is 95.3 Å². The molecule has 0 atom stereocenters. The molecule has 0 unspecified atom stereocenters. The number of amides is 2. The Hall–Kier alpha value is -4.05. The van der Waals surface area contributed by atoms with Crippen LogP contribution in [-0.2, 0) is 22.7 Å². The van der Waals surface area contributed by atoms with Crippen LogP contribution in [0.25, 0.3) is 6.08 Å². The van der Waals surface area contributed by atoms with Crippen LogP contribution in [0, 0.1) is 5.82 Å². The lowest BCUT2D eigenvalue weighted by Crippen LogP contribution is -2.27. The summed E-state index contributed by atoms with van der Waals surface area (Å²) < 4.78 is 34.9. The maximum Gasteiger partial charge on any atom is 0.373 e. The zero-order valence-electron chi connectivity index (χ0n) is 19.5. The smallest absolute Gasteiger partial charge is 0.373 e. The molecule has 0 radical (unpaired) electrons. The minimum atomic E-state index is -0.649. The molecular weight excluding hydrogens is 489 g/mol. The number of ether oxygens (including phenoxy) is 3. The van der Waals surface area contributed by atoms with Crippen molar-refractivity contribution in [2.45, 2.75) is 20.1 Å². The normalized spacial score (nSPS) is 14.4. The van der Waals surface area contributed by atoms with Gasteiger partial charge in [0.1, 0.15) is 18.2 Å². The predicted octanol–water partition coefficient (Wildman–Crippen LogP) is 5.42. The van der Waals surface area contributed by atoms with E-state index in [2.05, 4.69) is 4.74 Å². The molecule has 1 fully saturated rings. The molecule has 3 aromatic rings. The monoisotopic (exact) mass is 511 g/mol. The maximum atomic E-state index is 13.4. The molecule has 0 aliphatic carbocycles. The van der Waals surface area contributed by atoms with Gasteiger partial charge in [-0.1, -0.05) is 18.2 Å². The molecule has 1 aromatic heterocycles. The molecule has 36 heavy (non-hydrogen) atoms. The summed E-state index contributed by atoms with van der Waals surface area (Å²) in [6.45, 7) is 2.25. The molecule has 2 aromatic carbocycles. The summed E-state index contributed by atoms with van der Waals surface area (Å²) in [6.07, 6.45) is 1.59. The lowest BCUT2D eigenvalue weighted by molar-refractivity contribution is -0.123. The largest absolute Gasteiger partial charge is 0.490 e. The summed E-state index contributed by atoms with van der Waals surface area (Å²) in [4.78, 5) is 38.2. The molecule has 1 aliphatic rings. The molecule has 2 amide bonds. The molecule has 186 valence electrons. The highest BCUT2D eigenvalue weighted by Gasteiger charge is 2.35. The number of halogens is 1. The van der Waals surface area contributed by atoms with E-state index >= 15 is 0 Å². The van der Waals surface area contributed by atoms with Gasteiger partial charge in [-0.25, -0.2) is 9.18 Å². The summed E-state index contributed by atoms with van der Waals surface area (Å²) >= 11 is 0.803. The molecule has 10 heteroatoms. The highest BCUT2D eigenvalue weighted by molar-refractivity contribution is 8.18. The van der Waals surface area contributed by atoms with Crippen molar-refractivity contribution in [3.05, 3.63) is 88.0 Å². The summed E-state index contributed by atoms with van der Waals surface area (Å²) in [7, 11) is 1.23. The quantitative estimate of drug-likeness (QED) is 0.278. The van der Waals surface area contributed by atoms with E-state index in [1.165, 1.54) is 31.4 Å². The van der Waals surface area contributed by atoms with Crippen molar-refractivity contribution in [2.75, 3.05) is 13.7 Å². The Bertz CT molecular complexity index is 1330. The van der Waals surface area contributed by atoms with Crippen LogP contribution in [0.1, 0.15) is 34.4 Å². The van der Waals surface area contributed by atoms with Crippen molar-refractivity contribution in [3.63, 3.8) is 0 Å². The highest BCUT2D eigenvalue weighted by atomic mass is 32.2. The molecule has 0 N–H and O–H groups in total. The van der Waals surface area contributed by atoms with Crippen molar-refractivity contribution in [1.29, 1.82) is 0 Å². The lowest BCUT2D eigenvalue weighted by Gasteiger charge is -2.13. The number of hydrogen-bond donors (Lipinski definition) is 0. The molecule has 1 saturated heterocycles. The summed E-state index contributed by atoms with van der Waals surface area (Å²) in [5.41, 5.74) is 1.30. The summed E-state index contributed by atoms with van der Waals surface area (Å²) in [5.74, 6) is -0.301. The highest BCUT2D eigenvalue weighted by Crippen LogP contribution is 2.35. The Morgan fingerprint density at radius 1 is 1.08 bits per heavy atom. The molecule has 0 bridgehead atoms. The molecule has 0 saturated carbocycles. The van der Waals surface area contributed by atoms with E-state index < -0.39 is 17.1 Å². The van der Waals surface area contributed by atoms with Crippen LogP contribution in [0.15, 0.2) is 63.9 Å². The molecule has 8 nitrogen and oxygen atoms in total. The van der Waals surface area contributed by atoms with Gasteiger partial charge in [0.05, 0.1) is 25.2 Å². The molecule has 1 aliphatic heterocycles. The van der Waals surface area contributed by atoms with Crippen LogP contribution in [0.2, 0.25) is 0 Å². The third-order valence-electron chi connectivity index (χ3n) is 5.08. The molecule has 0 spiro atoms. The molecule has 2 heterocycles. The van der Waals surface area contributed by atoms with Gasteiger partial charge in [-0.05, 0) is 72.3 Å². The van der Waals surface area contributed by atoms with E-state index in [1.54, 1.807) is 36.4 Å². The third-order valence-corrected chi connectivity index (χ3v) is 5.99. The van der Waals surface area contributed by atoms with Crippen molar-refractivity contribution >= 4 is 35.0 Å². The second-order valence-corrected chi connectivity index (χ2v) is 8.58. The van der Waals surface area contributed by atoms with Crippen LogP contribution in [0.4, 0.5) is 9.18 Å². The van der Waals surface area contributed by atoms with E-state index in [4.69, 9.17) is 13.9 Å². The van der Waals surface area contributed by atoms with Gasteiger partial charge in [0.15, 0.2) is 11.5 Å². The first-order valence-electron chi connectivity index (χ1n) is 10.9. The van der Waals surface area contributed by atoms with Gasteiger partial charge >= 0.3 is 5.97 Å². The first-order chi connectivity index (χ1) is 17.4. The number of imide groups is 1. The summed E-state index contributed by atoms with van der Waals surface area (Å²) in [5, 5.41) is -0.456. The minimum absolute atomic E-state index is 0.0156. The number of carbonyl (C=O) groups is 3. The van der Waals surface area contributed by atoms with E-state index in [0.717, 1.165) is 16.7 Å². The minimum Gasteiger partial charge on any atom is -0.490 e. The molecule has 4 rings (SSSR count). The Labute approximate surface area is 210 Å². The van der Waals surface area contributed by atoms with Crippen molar-refractivity contribution in [3.8, 4) is 11.5 Å². The van der Waals surface area contributed by atoms with Crippen molar-refractivity contribution in [2.24, 2.45) is 0 Å². The fraction of sp³-hybridized carbons (Fsp3) is 0.192. The second-order valence-electron chi connectivity index (χ2n) is 7.58. The van der Waals surface area contributed by atoms with Crippen molar-refractivity contribution < 1.29 is 37.4 Å². The van der Waals surface area contributed by atoms with E-state index in [9.17, 15) is 18.8 Å². The number of hydrogen-bond acceptors (Lipinski definition) is 8. The summed E-state index contributed by atoms with van der Waals surface area (Å²) in [6, 6.07) is 14.2. The predicted molar refractivity (Wildman–Crippen MR) is 130 cm³/mol. The van der Waals surface area contributed by atoms with Gasteiger partial charge in [-0.2, -0.15) is 0 Å². The van der Waals surface area contributed by atoms with Gasteiger partial charge in [-0.3, -0.25) is 14.5 Å². The van der Waals surface area contributed by atoms with Crippen LogP contribution in [0.3, 0.4) is 0 Å². The molecular formula is C26H22FNO7S. The average Bonchev–Trinajstić information content (AvgIpc) is 3.44. The van der Waals surface area contributed by atoms with Gasteiger partial charge in [0.25, 0.3) is 11.1 Å². The number of nitrogens with zero attached hydrogens (tertiary/aromatic N) is 1. The van der Waals surface area contributed by atoms with E-state index in [0.29, 0.717) is 29.2 Å². The zero-order valence-corrected chi connectivity index (χ0v) is 20.3. The number of carbonyl (C=O) groups excluding carboxylic acids is 3. The first kappa shape index (κ1) is 25.1. The third kappa shape index (κ3) is 5.77. The SMILES string of the molecule is CCOc1cc(/C=C2/SC(=O)N(Cc3ccc(C(=O)OC)o3)C2=O)ccc1OCc1cccc(F)c1. The second kappa shape index (κ2) is 11.1. The number of rotatable bonds is 9. The van der Waals surface area contributed by atoms with E-state index in [-0.39, 0.29) is 35.4 Å². The Morgan fingerprint density at radius 2 is 1.92 bits per heavy atom. The number of methoxy groups -OCH3 is 1. The lowest BCUT2D eigenvalue weighted by atomic mass is 10.1. The van der Waals surface area contributed by atoms with Crippen molar-refractivity contribution in [1.82, 2.24) is 4.90 Å². The zero-order chi connectivity index (χ0) is 25.7. The average molecular weight is 512 g/mol. The maximum absolute atomic E-state index is 13.4. The first-order valence-corrected chi connectivity index (χ1v) is 11.8. The standard InChI is InChI=1S/C26H22FNO7S/c1-3-33-22-12-16(7-9-20(22)34-15-17-5-4-6-18(27)11-17)13-23-24(29)28(26(31)36-23)14-19-8-10-21(35-19)25(30)32-2/h4-13H,3,14-15H2,1-2H3/b23-13+. The Kier molecular flexibility index (Phi) is 7.74. The van der Waals surface area contributed by atoms with Gasteiger partial charge in [0.2, 0.25) is 5.76 Å². The van der Waals surface area contributed by atoms with Crippen LogP contribution >= 0.6 is 11.8 Å². The Balaban J connectivity index is 1.48. The number of furan rings is 1. The van der Waals surface area contributed by atoms with Gasteiger partial charge < -0.3 is 18.6 Å². The number of esters is 1. The fourth-order valence-corrected chi connectivity index (χ4v) is 4.24.